The molecule has 1 unspecified atom stereocenters. The summed E-state index contributed by atoms with van der Waals surface area (Å²) in [4.78, 5) is 0. The molecule has 0 aliphatic rings. The summed E-state index contributed by atoms with van der Waals surface area (Å²) in [6, 6.07) is 9.40. The fourth-order valence-electron chi connectivity index (χ4n) is 1.89. The maximum absolute atomic E-state index is 10.3. The molecule has 0 fully saturated rings. The summed E-state index contributed by atoms with van der Waals surface area (Å²) in [5.74, 6) is 0. The van der Waals surface area contributed by atoms with Crippen molar-refractivity contribution in [3.05, 3.63) is 57.9 Å². The number of aliphatic hydroxyl groups excluding tert-OH is 1. The van der Waals surface area contributed by atoms with E-state index in [-0.39, 0.29) is 0 Å². The molecule has 0 saturated heterocycles. The fraction of sp³-hybridized carbons (Fsp3) is 0.286. The third kappa shape index (κ3) is 2.86. The second-order valence-corrected chi connectivity index (χ2v) is 4.75. The molecule has 4 heteroatoms. The average molecular weight is 263 g/mol. The Bertz CT molecular complexity index is 557. The molecular weight excluding hydrogens is 248 g/mol. The minimum Gasteiger partial charge on any atom is -0.388 e. The first-order valence-electron chi connectivity index (χ1n) is 5.80. The van der Waals surface area contributed by atoms with Gasteiger partial charge in [0.15, 0.2) is 0 Å². The lowest BCUT2D eigenvalue weighted by Gasteiger charge is -2.14. The highest BCUT2D eigenvalue weighted by Gasteiger charge is 2.14. The normalized spacial score (nSPS) is 12.4. The van der Waals surface area contributed by atoms with Crippen LogP contribution in [0.4, 0.5) is 0 Å². The molecule has 0 bridgehead atoms. The quantitative estimate of drug-likeness (QED) is 0.925. The number of hydrogen-bond acceptors (Lipinski definition) is 3. The Morgan fingerprint density at radius 3 is 2.67 bits per heavy atom. The van der Waals surface area contributed by atoms with Crippen molar-refractivity contribution in [1.29, 1.82) is 0 Å². The molecule has 0 spiro atoms. The maximum atomic E-state index is 10.3. The molecule has 1 heterocycles. The average Bonchev–Trinajstić information content (AvgIpc) is 2.35. The number of aromatic nitrogens is 2. The minimum absolute atomic E-state index is 0.478. The van der Waals surface area contributed by atoms with E-state index in [1.165, 1.54) is 0 Å². The molecule has 0 amide bonds. The van der Waals surface area contributed by atoms with E-state index in [9.17, 15) is 5.11 Å². The van der Waals surface area contributed by atoms with Crippen molar-refractivity contribution in [1.82, 2.24) is 10.2 Å². The van der Waals surface area contributed by atoms with E-state index >= 15 is 0 Å². The van der Waals surface area contributed by atoms with Crippen LogP contribution >= 0.6 is 11.6 Å². The summed E-state index contributed by atoms with van der Waals surface area (Å²) in [5, 5.41) is 18.9. The van der Waals surface area contributed by atoms with Crippen LogP contribution in [0.15, 0.2) is 30.3 Å². The van der Waals surface area contributed by atoms with E-state index in [1.54, 1.807) is 0 Å². The van der Waals surface area contributed by atoms with E-state index in [2.05, 4.69) is 10.2 Å². The van der Waals surface area contributed by atoms with Gasteiger partial charge in [0.25, 0.3) is 0 Å². The fourth-order valence-corrected chi connectivity index (χ4v) is 2.10. The smallest absolute Gasteiger partial charge is 0.0849 e. The lowest BCUT2D eigenvalue weighted by Crippen LogP contribution is -2.07. The molecule has 2 aromatic rings. The number of benzene rings is 1. The van der Waals surface area contributed by atoms with Gasteiger partial charge in [0.2, 0.25) is 0 Å². The van der Waals surface area contributed by atoms with Crippen LogP contribution in [0.3, 0.4) is 0 Å². The van der Waals surface area contributed by atoms with E-state index in [4.69, 9.17) is 11.6 Å². The maximum Gasteiger partial charge on any atom is 0.0849 e. The number of nitrogens with zero attached hydrogens (tertiary/aromatic N) is 2. The number of aliphatic hydroxyl groups is 1. The molecular formula is C14H15ClN2O. The van der Waals surface area contributed by atoms with Crippen LogP contribution in [0.5, 0.6) is 0 Å². The molecule has 1 N–H and O–H groups in total. The lowest BCUT2D eigenvalue weighted by molar-refractivity contribution is 0.177. The first-order chi connectivity index (χ1) is 8.58. The van der Waals surface area contributed by atoms with Gasteiger partial charge in [0.1, 0.15) is 0 Å². The van der Waals surface area contributed by atoms with Gasteiger partial charge in [0, 0.05) is 17.0 Å². The van der Waals surface area contributed by atoms with Crippen LogP contribution in [0.1, 0.15) is 28.6 Å². The van der Waals surface area contributed by atoms with Crippen molar-refractivity contribution in [3.8, 4) is 0 Å². The van der Waals surface area contributed by atoms with Crippen LogP contribution in [0.25, 0.3) is 0 Å². The zero-order valence-corrected chi connectivity index (χ0v) is 11.1. The third-order valence-electron chi connectivity index (χ3n) is 2.87. The Hall–Kier alpha value is -1.45. The molecule has 0 aliphatic heterocycles. The summed E-state index contributed by atoms with van der Waals surface area (Å²) in [7, 11) is 0. The standard InChI is InChI=1S/C14H15ClN2O/c1-9-7-12(10(2)17-16-9)14(18)8-11-5-3-4-6-13(11)15/h3-7,14,18H,8H2,1-2H3. The van der Waals surface area contributed by atoms with Gasteiger partial charge in [-0.1, -0.05) is 29.8 Å². The van der Waals surface area contributed by atoms with Crippen LogP contribution in [-0.2, 0) is 6.42 Å². The Balaban J connectivity index is 2.25. The van der Waals surface area contributed by atoms with E-state index in [0.717, 1.165) is 22.5 Å². The number of hydrogen-bond donors (Lipinski definition) is 1. The van der Waals surface area contributed by atoms with Crippen LogP contribution in [-0.4, -0.2) is 15.3 Å². The van der Waals surface area contributed by atoms with Gasteiger partial charge in [-0.05, 0) is 31.5 Å². The molecule has 0 radical (unpaired) electrons. The van der Waals surface area contributed by atoms with Gasteiger partial charge < -0.3 is 5.11 Å². The highest BCUT2D eigenvalue weighted by molar-refractivity contribution is 6.31. The monoisotopic (exact) mass is 262 g/mol. The zero-order chi connectivity index (χ0) is 13.1. The second-order valence-electron chi connectivity index (χ2n) is 4.34. The van der Waals surface area contributed by atoms with Gasteiger partial charge in [-0.2, -0.15) is 10.2 Å². The lowest BCUT2D eigenvalue weighted by atomic mass is 10.0. The molecule has 1 aromatic heterocycles. The Labute approximate surface area is 111 Å². The third-order valence-corrected chi connectivity index (χ3v) is 3.24. The Morgan fingerprint density at radius 1 is 1.22 bits per heavy atom. The minimum atomic E-state index is -0.612. The SMILES string of the molecule is Cc1cc(C(O)Cc2ccccc2Cl)c(C)nn1. The van der Waals surface area contributed by atoms with Crippen molar-refractivity contribution in [2.24, 2.45) is 0 Å². The number of rotatable bonds is 3. The Kier molecular flexibility index (Phi) is 3.94. The van der Waals surface area contributed by atoms with Crippen molar-refractivity contribution >= 4 is 11.6 Å². The first-order valence-corrected chi connectivity index (χ1v) is 6.18. The largest absolute Gasteiger partial charge is 0.388 e. The van der Waals surface area contributed by atoms with Crippen LogP contribution < -0.4 is 0 Å². The number of halogens is 1. The topological polar surface area (TPSA) is 46.0 Å². The van der Waals surface area contributed by atoms with E-state index < -0.39 is 6.10 Å². The molecule has 18 heavy (non-hydrogen) atoms. The molecule has 94 valence electrons. The number of aryl methyl sites for hydroxylation is 2. The highest BCUT2D eigenvalue weighted by Crippen LogP contribution is 2.24. The van der Waals surface area contributed by atoms with Gasteiger partial charge in [0.05, 0.1) is 17.5 Å². The van der Waals surface area contributed by atoms with Crippen molar-refractivity contribution in [2.45, 2.75) is 26.4 Å². The molecule has 1 atom stereocenters. The van der Waals surface area contributed by atoms with Crippen LogP contribution in [0, 0.1) is 13.8 Å². The van der Waals surface area contributed by atoms with Gasteiger partial charge in [-0.25, -0.2) is 0 Å². The van der Waals surface area contributed by atoms with Gasteiger partial charge >= 0.3 is 0 Å². The van der Waals surface area contributed by atoms with E-state index in [1.807, 2.05) is 44.2 Å². The van der Waals surface area contributed by atoms with Crippen molar-refractivity contribution in [3.63, 3.8) is 0 Å². The molecule has 2 rings (SSSR count). The van der Waals surface area contributed by atoms with Crippen molar-refractivity contribution < 1.29 is 5.11 Å². The van der Waals surface area contributed by atoms with Crippen LogP contribution in [0.2, 0.25) is 5.02 Å². The van der Waals surface area contributed by atoms with E-state index in [0.29, 0.717) is 11.4 Å². The van der Waals surface area contributed by atoms with Crippen molar-refractivity contribution in [2.75, 3.05) is 0 Å². The summed E-state index contributed by atoms with van der Waals surface area (Å²) in [5.41, 5.74) is 3.29. The van der Waals surface area contributed by atoms with Gasteiger partial charge in [-0.3, -0.25) is 0 Å². The summed E-state index contributed by atoms with van der Waals surface area (Å²) >= 11 is 6.09. The predicted molar refractivity (Wildman–Crippen MR) is 71.6 cm³/mol. The summed E-state index contributed by atoms with van der Waals surface area (Å²) < 4.78 is 0. The highest BCUT2D eigenvalue weighted by atomic mass is 35.5. The molecule has 0 aliphatic carbocycles. The Morgan fingerprint density at radius 2 is 1.94 bits per heavy atom. The second kappa shape index (κ2) is 5.46. The van der Waals surface area contributed by atoms with Gasteiger partial charge in [-0.15, -0.1) is 0 Å². The predicted octanol–water partition coefficient (Wildman–Crippen LogP) is 3.02. The summed E-state index contributed by atoms with van der Waals surface area (Å²) in [6.45, 7) is 3.70. The molecule has 0 saturated carbocycles. The molecule has 3 nitrogen and oxygen atoms in total. The molecule has 1 aromatic carbocycles. The summed E-state index contributed by atoms with van der Waals surface area (Å²) in [6.07, 6.45) is -0.134. The first kappa shape index (κ1) is 13.0. The zero-order valence-electron chi connectivity index (χ0n) is 10.4.